The van der Waals surface area contributed by atoms with Crippen molar-refractivity contribution in [1.29, 1.82) is 0 Å². The van der Waals surface area contributed by atoms with Gasteiger partial charge in [0.05, 0.1) is 13.3 Å². The van der Waals surface area contributed by atoms with Crippen molar-refractivity contribution in [2.45, 2.75) is 0 Å². The fourth-order valence-corrected chi connectivity index (χ4v) is 1.80. The Morgan fingerprint density at radius 1 is 1.09 bits per heavy atom. The van der Waals surface area contributed by atoms with Crippen LogP contribution in [0.2, 0.25) is 0 Å². The smallest absolute Gasteiger partial charge is 0.269 e. The van der Waals surface area contributed by atoms with Crippen LogP contribution in [0.1, 0.15) is 5.56 Å². The van der Waals surface area contributed by atoms with E-state index in [4.69, 9.17) is 4.74 Å². The Morgan fingerprint density at radius 3 is 2.59 bits per heavy atom. The van der Waals surface area contributed by atoms with Crippen LogP contribution < -0.4 is 10.1 Å². The van der Waals surface area contributed by atoms with Gasteiger partial charge >= 0.3 is 0 Å². The van der Waals surface area contributed by atoms with Crippen molar-refractivity contribution in [3.05, 3.63) is 60.2 Å². The van der Waals surface area contributed by atoms with E-state index in [1.54, 1.807) is 13.3 Å². The molecule has 7 nitrogen and oxygen atoms in total. The molecule has 7 heteroatoms. The monoisotopic (exact) mass is 294 g/mol. The maximum Gasteiger partial charge on any atom is 0.269 e. The molecular weight excluding hydrogens is 280 g/mol. The fourth-order valence-electron chi connectivity index (χ4n) is 1.80. The minimum Gasteiger partial charge on any atom is -0.497 e. The van der Waals surface area contributed by atoms with Gasteiger partial charge in [-0.25, -0.2) is 0 Å². The van der Waals surface area contributed by atoms with E-state index in [0.717, 1.165) is 17.0 Å². The lowest BCUT2D eigenvalue weighted by Crippen LogP contribution is -2.01. The van der Waals surface area contributed by atoms with Crippen LogP contribution in [0.25, 0.3) is 0 Å². The molecule has 0 radical (unpaired) electrons. The van der Waals surface area contributed by atoms with E-state index in [0.29, 0.717) is 5.95 Å². The largest absolute Gasteiger partial charge is 0.497 e. The summed E-state index contributed by atoms with van der Waals surface area (Å²) < 4.78 is 5.11. The van der Waals surface area contributed by atoms with E-state index >= 15 is 0 Å². The number of nitrogens with one attached hydrogen (secondary N) is 1. The molecular formula is C15H14N6O. The van der Waals surface area contributed by atoms with Gasteiger partial charge in [-0.2, -0.15) is 5.10 Å². The van der Waals surface area contributed by atoms with Crippen LogP contribution in [0, 0.1) is 0 Å². The highest BCUT2D eigenvalue weighted by molar-refractivity contribution is 5.79. The van der Waals surface area contributed by atoms with Gasteiger partial charge in [-0.1, -0.05) is 28.1 Å². The molecule has 0 spiro atoms. The minimum atomic E-state index is 0.441. The fraction of sp³-hybridized carbons (Fsp3) is 0.0667. The first-order valence-corrected chi connectivity index (χ1v) is 6.64. The van der Waals surface area contributed by atoms with E-state index in [9.17, 15) is 0 Å². The van der Waals surface area contributed by atoms with Gasteiger partial charge in [0.25, 0.3) is 5.95 Å². The lowest BCUT2D eigenvalue weighted by atomic mass is 10.2. The Balaban J connectivity index is 1.75. The van der Waals surface area contributed by atoms with E-state index in [-0.39, 0.29) is 0 Å². The molecule has 2 aromatic carbocycles. The number of anilines is 2. The second-order valence-corrected chi connectivity index (χ2v) is 4.40. The Morgan fingerprint density at radius 2 is 1.86 bits per heavy atom. The van der Waals surface area contributed by atoms with Crippen LogP contribution in [0.4, 0.5) is 11.6 Å². The second-order valence-electron chi connectivity index (χ2n) is 4.40. The summed E-state index contributed by atoms with van der Waals surface area (Å²) >= 11 is 0. The standard InChI is InChI=1S/C15H14N6O/c1-22-14-9-7-12(8-10-14)11-16-21-15(18-19-20-21)17-13-5-3-2-4-6-13/h2-11H,1H3,(H,17,18,20). The zero-order valence-electron chi connectivity index (χ0n) is 11.9. The maximum atomic E-state index is 5.11. The van der Waals surface area contributed by atoms with E-state index in [2.05, 4.69) is 25.9 Å². The summed E-state index contributed by atoms with van der Waals surface area (Å²) in [5.41, 5.74) is 1.81. The number of ether oxygens (including phenoxy) is 1. The van der Waals surface area contributed by atoms with Crippen molar-refractivity contribution in [2.24, 2.45) is 5.10 Å². The van der Waals surface area contributed by atoms with Crippen LogP contribution in [0.5, 0.6) is 5.75 Å². The molecule has 0 aliphatic rings. The van der Waals surface area contributed by atoms with E-state index in [1.165, 1.54) is 4.79 Å². The SMILES string of the molecule is COc1ccc(C=Nn2nnnc2Nc2ccccc2)cc1. The third-order valence-electron chi connectivity index (χ3n) is 2.92. The lowest BCUT2D eigenvalue weighted by molar-refractivity contribution is 0.415. The van der Waals surface area contributed by atoms with Gasteiger partial charge in [0.2, 0.25) is 0 Å². The van der Waals surface area contributed by atoms with Crippen molar-refractivity contribution in [2.75, 3.05) is 12.4 Å². The number of rotatable bonds is 5. The molecule has 110 valence electrons. The summed E-state index contributed by atoms with van der Waals surface area (Å²) in [6.07, 6.45) is 1.67. The van der Waals surface area contributed by atoms with E-state index < -0.39 is 0 Å². The molecule has 0 saturated heterocycles. The molecule has 3 aromatic rings. The van der Waals surface area contributed by atoms with Crippen LogP contribution in [0.3, 0.4) is 0 Å². The highest BCUT2D eigenvalue weighted by Gasteiger charge is 2.04. The van der Waals surface area contributed by atoms with Crippen molar-refractivity contribution in [1.82, 2.24) is 20.3 Å². The van der Waals surface area contributed by atoms with Gasteiger partial charge in [0.15, 0.2) is 0 Å². The summed E-state index contributed by atoms with van der Waals surface area (Å²) in [6, 6.07) is 17.2. The van der Waals surface area contributed by atoms with Crippen LogP contribution in [-0.2, 0) is 0 Å². The summed E-state index contributed by atoms with van der Waals surface area (Å²) in [5.74, 6) is 1.24. The Kier molecular flexibility index (Phi) is 4.05. The Bertz CT molecular complexity index is 751. The van der Waals surface area contributed by atoms with Crippen molar-refractivity contribution < 1.29 is 4.74 Å². The van der Waals surface area contributed by atoms with Crippen LogP contribution in [-0.4, -0.2) is 33.6 Å². The predicted molar refractivity (Wildman–Crippen MR) is 83.5 cm³/mol. The predicted octanol–water partition coefficient (Wildman–Crippen LogP) is 2.31. The van der Waals surface area contributed by atoms with Crippen molar-refractivity contribution >= 4 is 17.9 Å². The van der Waals surface area contributed by atoms with Crippen molar-refractivity contribution in [3.63, 3.8) is 0 Å². The van der Waals surface area contributed by atoms with Gasteiger partial charge in [0.1, 0.15) is 5.75 Å². The topological polar surface area (TPSA) is 77.2 Å². The molecule has 3 rings (SSSR count). The van der Waals surface area contributed by atoms with Crippen LogP contribution >= 0.6 is 0 Å². The molecule has 0 aliphatic heterocycles. The molecule has 0 saturated carbocycles. The molecule has 0 atom stereocenters. The number of hydrogen-bond donors (Lipinski definition) is 1. The summed E-state index contributed by atoms with van der Waals surface area (Å²) in [7, 11) is 1.63. The highest BCUT2D eigenvalue weighted by atomic mass is 16.5. The molecule has 1 heterocycles. The first-order valence-electron chi connectivity index (χ1n) is 6.64. The first kappa shape index (κ1) is 13.7. The third-order valence-corrected chi connectivity index (χ3v) is 2.92. The number of tetrazole rings is 1. The van der Waals surface area contributed by atoms with Gasteiger partial charge in [-0.15, -0.1) is 0 Å². The Labute approximate surface area is 127 Å². The van der Waals surface area contributed by atoms with E-state index in [1.807, 2.05) is 54.6 Å². The second kappa shape index (κ2) is 6.49. The molecule has 22 heavy (non-hydrogen) atoms. The molecule has 1 aromatic heterocycles. The zero-order valence-corrected chi connectivity index (χ0v) is 11.9. The summed E-state index contributed by atoms with van der Waals surface area (Å²) in [4.78, 5) is 1.33. The number of hydrogen-bond acceptors (Lipinski definition) is 6. The maximum absolute atomic E-state index is 5.11. The van der Waals surface area contributed by atoms with Gasteiger partial charge in [0, 0.05) is 5.69 Å². The van der Waals surface area contributed by atoms with Crippen LogP contribution in [0.15, 0.2) is 59.7 Å². The lowest BCUT2D eigenvalue weighted by Gasteiger charge is -2.02. The molecule has 0 amide bonds. The quantitative estimate of drug-likeness (QED) is 0.731. The first-order chi connectivity index (χ1) is 10.8. The molecule has 0 bridgehead atoms. The number of nitrogens with zero attached hydrogens (tertiary/aromatic N) is 5. The number of aromatic nitrogens is 4. The number of para-hydroxylation sites is 1. The van der Waals surface area contributed by atoms with Crippen molar-refractivity contribution in [3.8, 4) is 5.75 Å². The molecule has 1 N–H and O–H groups in total. The minimum absolute atomic E-state index is 0.441. The van der Waals surface area contributed by atoms with Gasteiger partial charge < -0.3 is 10.1 Å². The average Bonchev–Trinajstić information content (AvgIpc) is 3.01. The molecule has 0 aliphatic carbocycles. The normalized spacial score (nSPS) is 10.8. The Hall–Kier alpha value is -3.22. The molecule has 0 fully saturated rings. The zero-order chi connectivity index (χ0) is 15.2. The average molecular weight is 294 g/mol. The third kappa shape index (κ3) is 3.26. The summed E-state index contributed by atoms with van der Waals surface area (Å²) in [5, 5.41) is 18.7. The number of methoxy groups -OCH3 is 1. The highest BCUT2D eigenvalue weighted by Crippen LogP contribution is 2.13. The van der Waals surface area contributed by atoms with Gasteiger partial charge in [-0.3, -0.25) is 0 Å². The molecule has 0 unspecified atom stereocenters. The van der Waals surface area contributed by atoms with Gasteiger partial charge in [-0.05, 0) is 52.4 Å². The number of benzene rings is 2. The summed E-state index contributed by atoms with van der Waals surface area (Å²) in [6.45, 7) is 0.